The van der Waals surface area contributed by atoms with E-state index in [0.29, 0.717) is 50.4 Å². The number of amides is 3. The lowest BCUT2D eigenvalue weighted by molar-refractivity contribution is -0.121. The van der Waals surface area contributed by atoms with E-state index in [1.807, 2.05) is 13.8 Å². The zero-order chi connectivity index (χ0) is 24.0. The van der Waals surface area contributed by atoms with Gasteiger partial charge in [0.15, 0.2) is 11.6 Å². The Bertz CT molecular complexity index is 949. The second-order valence-corrected chi connectivity index (χ2v) is 11.1. The summed E-state index contributed by atoms with van der Waals surface area (Å²) in [7, 11) is -3.56. The minimum Gasteiger partial charge on any atom is -0.490 e. The summed E-state index contributed by atoms with van der Waals surface area (Å²) in [6.45, 7) is 5.18. The molecular weight excluding hydrogens is 449 g/mol. The maximum absolute atomic E-state index is 14.2. The highest BCUT2D eigenvalue weighted by atomic mass is 32.2. The molecule has 10 heteroatoms. The van der Waals surface area contributed by atoms with Crippen molar-refractivity contribution in [3.05, 3.63) is 29.6 Å². The van der Waals surface area contributed by atoms with Gasteiger partial charge in [-0.05, 0) is 55.2 Å². The molecule has 1 atom stereocenters. The van der Waals surface area contributed by atoms with Gasteiger partial charge >= 0.3 is 6.03 Å². The lowest BCUT2D eigenvalue weighted by atomic mass is 9.97. The predicted molar refractivity (Wildman–Crippen MR) is 123 cm³/mol. The van der Waals surface area contributed by atoms with Crippen molar-refractivity contribution in [1.29, 1.82) is 0 Å². The summed E-state index contributed by atoms with van der Waals surface area (Å²) in [6.07, 6.45) is 4.23. The molecule has 1 aromatic rings. The number of ether oxygens (including phenoxy) is 1. The Labute approximate surface area is 195 Å². The molecule has 0 aromatic heterocycles. The quantitative estimate of drug-likeness (QED) is 0.419. The smallest absolute Gasteiger partial charge is 0.324 e. The van der Waals surface area contributed by atoms with E-state index in [1.165, 1.54) is 6.07 Å². The van der Waals surface area contributed by atoms with Crippen LogP contribution in [0.3, 0.4) is 0 Å². The summed E-state index contributed by atoms with van der Waals surface area (Å²) < 4.78 is 48.0. The van der Waals surface area contributed by atoms with Crippen LogP contribution < -0.4 is 14.8 Å². The number of nitrogens with one attached hydrogen (secondary N) is 2. The van der Waals surface area contributed by atoms with E-state index in [0.717, 1.165) is 12.8 Å². The molecule has 2 N–H and O–H groups in total. The van der Waals surface area contributed by atoms with Crippen molar-refractivity contribution >= 4 is 22.0 Å². The fourth-order valence-electron chi connectivity index (χ4n) is 3.74. The van der Waals surface area contributed by atoms with Gasteiger partial charge in [-0.1, -0.05) is 26.3 Å². The number of imide groups is 1. The molecule has 1 saturated carbocycles. The summed E-state index contributed by atoms with van der Waals surface area (Å²) in [4.78, 5) is 24.5. The Hall–Kier alpha value is -2.20. The second-order valence-electron chi connectivity index (χ2n) is 9.25. The maximum Gasteiger partial charge on any atom is 0.324 e. The molecule has 2 fully saturated rings. The van der Waals surface area contributed by atoms with E-state index < -0.39 is 21.9 Å². The fourth-order valence-corrected chi connectivity index (χ4v) is 5.24. The molecule has 1 saturated heterocycles. The number of carbonyl (C=O) groups excluding carboxylic acids is 2. The largest absolute Gasteiger partial charge is 0.490 e. The minimum absolute atomic E-state index is 0.0346. The van der Waals surface area contributed by atoms with Gasteiger partial charge in [0.05, 0.1) is 12.4 Å². The van der Waals surface area contributed by atoms with E-state index in [9.17, 15) is 22.4 Å². The molecule has 33 heavy (non-hydrogen) atoms. The number of unbranched alkanes of at least 4 members (excludes halogenated alkanes) is 2. The lowest BCUT2D eigenvalue weighted by Gasteiger charge is -2.26. The van der Waals surface area contributed by atoms with Crippen molar-refractivity contribution in [2.75, 3.05) is 25.4 Å². The van der Waals surface area contributed by atoms with Crippen LogP contribution in [0.2, 0.25) is 0 Å². The molecule has 1 unspecified atom stereocenters. The Kier molecular flexibility index (Phi) is 8.69. The monoisotopic (exact) mass is 483 g/mol. The van der Waals surface area contributed by atoms with Crippen LogP contribution in [-0.4, -0.2) is 50.7 Å². The van der Waals surface area contributed by atoms with Crippen molar-refractivity contribution < 1.29 is 27.1 Å². The number of hydrogen-bond donors (Lipinski definition) is 2. The van der Waals surface area contributed by atoms with Gasteiger partial charge in [0, 0.05) is 25.6 Å². The first-order valence-corrected chi connectivity index (χ1v) is 13.3. The Morgan fingerprint density at radius 3 is 2.64 bits per heavy atom. The number of carbonyl (C=O) groups is 2. The van der Waals surface area contributed by atoms with E-state index in [2.05, 4.69) is 10.0 Å². The summed E-state index contributed by atoms with van der Waals surface area (Å²) in [5.41, 5.74) is 0.673. The standard InChI is InChI=1S/C23H34FN3O5S/c1-16(2)22(18-8-9-19(24)20(14-18)32-15-17-6-7-17)26-33(30,31)13-5-3-4-11-27-12-10-21(28)25-23(27)29/h8-9,14,16-17,22,26H,3-7,10-13,15H2,1-2H3,(H,25,28,29). The molecule has 8 nitrogen and oxygen atoms in total. The third-order valence-corrected chi connectivity index (χ3v) is 7.38. The number of hydrogen-bond acceptors (Lipinski definition) is 5. The Morgan fingerprint density at radius 1 is 1.21 bits per heavy atom. The zero-order valence-electron chi connectivity index (χ0n) is 19.3. The normalized spacial score (nSPS) is 17.9. The molecule has 184 valence electrons. The number of benzene rings is 1. The predicted octanol–water partition coefficient (Wildman–Crippen LogP) is 3.34. The second kappa shape index (κ2) is 11.3. The van der Waals surface area contributed by atoms with Gasteiger partial charge in [-0.3, -0.25) is 10.1 Å². The zero-order valence-corrected chi connectivity index (χ0v) is 20.1. The first kappa shape index (κ1) is 25.4. The molecule has 1 aliphatic carbocycles. The molecule has 0 bridgehead atoms. The van der Waals surface area contributed by atoms with Crippen molar-refractivity contribution in [3.8, 4) is 5.75 Å². The number of halogens is 1. The molecule has 2 aliphatic rings. The lowest BCUT2D eigenvalue weighted by Crippen LogP contribution is -2.49. The molecule has 3 amide bonds. The number of nitrogens with zero attached hydrogens (tertiary/aromatic N) is 1. The van der Waals surface area contributed by atoms with Gasteiger partial charge in [-0.2, -0.15) is 0 Å². The highest BCUT2D eigenvalue weighted by molar-refractivity contribution is 7.89. The van der Waals surface area contributed by atoms with Crippen LogP contribution in [0.1, 0.15) is 64.0 Å². The Morgan fingerprint density at radius 2 is 1.97 bits per heavy atom. The summed E-state index contributed by atoms with van der Waals surface area (Å²) in [6, 6.07) is 3.64. The van der Waals surface area contributed by atoms with Gasteiger partial charge < -0.3 is 9.64 Å². The van der Waals surface area contributed by atoms with Crippen LogP contribution in [0.4, 0.5) is 9.18 Å². The van der Waals surface area contributed by atoms with Gasteiger partial charge in [-0.15, -0.1) is 0 Å². The van der Waals surface area contributed by atoms with Gasteiger partial charge in [0.2, 0.25) is 15.9 Å². The highest BCUT2D eigenvalue weighted by Gasteiger charge is 2.26. The van der Waals surface area contributed by atoms with Crippen LogP contribution >= 0.6 is 0 Å². The summed E-state index contributed by atoms with van der Waals surface area (Å²) >= 11 is 0. The first-order valence-electron chi connectivity index (χ1n) is 11.7. The van der Waals surface area contributed by atoms with Crippen molar-refractivity contribution in [2.24, 2.45) is 11.8 Å². The van der Waals surface area contributed by atoms with Crippen molar-refractivity contribution in [1.82, 2.24) is 14.9 Å². The first-order chi connectivity index (χ1) is 15.6. The van der Waals surface area contributed by atoms with Crippen LogP contribution in [0.25, 0.3) is 0 Å². The summed E-state index contributed by atoms with van der Waals surface area (Å²) in [5, 5.41) is 2.28. The molecule has 1 heterocycles. The van der Waals surface area contributed by atoms with Crippen LogP contribution in [0.15, 0.2) is 18.2 Å². The number of urea groups is 1. The van der Waals surface area contributed by atoms with Crippen LogP contribution in [-0.2, 0) is 14.8 Å². The maximum atomic E-state index is 14.2. The van der Waals surface area contributed by atoms with Gasteiger partial charge in [0.1, 0.15) is 0 Å². The van der Waals surface area contributed by atoms with Crippen molar-refractivity contribution in [2.45, 2.75) is 58.4 Å². The fraction of sp³-hybridized carbons (Fsp3) is 0.652. The topological polar surface area (TPSA) is 105 Å². The summed E-state index contributed by atoms with van der Waals surface area (Å²) in [5.74, 6) is -0.145. The SMILES string of the molecule is CC(C)C(NS(=O)(=O)CCCCCN1CCC(=O)NC1=O)c1ccc(F)c(OCC2CC2)c1. The molecule has 0 spiro atoms. The average molecular weight is 484 g/mol. The van der Waals surface area contributed by atoms with Crippen LogP contribution in [0, 0.1) is 17.7 Å². The van der Waals surface area contributed by atoms with E-state index >= 15 is 0 Å². The average Bonchev–Trinajstić information content (AvgIpc) is 3.57. The minimum atomic E-state index is -3.56. The number of sulfonamides is 1. The van der Waals surface area contributed by atoms with E-state index in [1.54, 1.807) is 17.0 Å². The molecule has 1 aliphatic heterocycles. The molecule has 3 rings (SSSR count). The number of rotatable bonds is 13. The van der Waals surface area contributed by atoms with Gasteiger partial charge in [0.25, 0.3) is 0 Å². The van der Waals surface area contributed by atoms with Crippen molar-refractivity contribution in [3.63, 3.8) is 0 Å². The Balaban J connectivity index is 1.49. The van der Waals surface area contributed by atoms with E-state index in [-0.39, 0.29) is 35.8 Å². The third kappa shape index (κ3) is 7.96. The molecular formula is C23H34FN3O5S. The molecule has 0 radical (unpaired) electrons. The van der Waals surface area contributed by atoms with E-state index in [4.69, 9.17) is 4.74 Å². The highest BCUT2D eigenvalue weighted by Crippen LogP contribution is 2.32. The molecule has 1 aromatic carbocycles. The third-order valence-electron chi connectivity index (χ3n) is 5.94. The van der Waals surface area contributed by atoms with Gasteiger partial charge in [-0.25, -0.2) is 22.3 Å². The van der Waals surface area contributed by atoms with Crippen LogP contribution in [0.5, 0.6) is 5.75 Å².